The fourth-order valence-electron chi connectivity index (χ4n) is 2.01. The maximum atomic E-state index is 9.26. The van der Waals surface area contributed by atoms with E-state index in [0.717, 1.165) is 25.8 Å². The van der Waals surface area contributed by atoms with Crippen LogP contribution in [0.1, 0.15) is 18.1 Å². The quantitative estimate of drug-likeness (QED) is 0.692. The summed E-state index contributed by atoms with van der Waals surface area (Å²) in [6, 6.07) is 14.1. The van der Waals surface area contributed by atoms with Gasteiger partial charge in [-0.2, -0.15) is 0 Å². The minimum absolute atomic E-state index is 0.347. The predicted molar refractivity (Wildman–Crippen MR) is 96.0 cm³/mol. The Morgan fingerprint density at radius 2 is 1.73 bits per heavy atom. The lowest BCUT2D eigenvalue weighted by molar-refractivity contribution is 0.191. The number of nitrogens with one attached hydrogen (secondary N) is 1. The molecular weight excluding hydrogens is 410 g/mol. The number of aliphatic hydroxyl groups is 1. The van der Waals surface area contributed by atoms with Crippen LogP contribution in [0.2, 0.25) is 0 Å². The third-order valence-electron chi connectivity index (χ3n) is 3.05. The molecule has 2 aromatic carbocycles. The van der Waals surface area contributed by atoms with Gasteiger partial charge in [0.1, 0.15) is 12.4 Å². The van der Waals surface area contributed by atoms with Crippen LogP contribution in [0.3, 0.4) is 0 Å². The van der Waals surface area contributed by atoms with Gasteiger partial charge in [0.05, 0.1) is 15.0 Å². The van der Waals surface area contributed by atoms with Crippen molar-refractivity contribution >= 4 is 31.9 Å². The van der Waals surface area contributed by atoms with Crippen molar-refractivity contribution in [3.8, 4) is 5.75 Å². The highest BCUT2D eigenvalue weighted by Gasteiger charge is 2.09. The third kappa shape index (κ3) is 5.39. The standard InChI is InChI=1S/C17H19Br2NO2/c1-12(21)9-20-10-14-7-15(18)17(16(19)8-14)22-11-13-5-3-2-4-6-13/h2-8,12,20-21H,9-11H2,1H3. The van der Waals surface area contributed by atoms with Crippen molar-refractivity contribution in [3.63, 3.8) is 0 Å². The molecule has 1 unspecified atom stereocenters. The lowest BCUT2D eigenvalue weighted by Crippen LogP contribution is -2.23. The average molecular weight is 429 g/mol. The SMILES string of the molecule is CC(O)CNCc1cc(Br)c(OCc2ccccc2)c(Br)c1. The number of benzene rings is 2. The number of ether oxygens (including phenoxy) is 1. The van der Waals surface area contributed by atoms with E-state index in [0.29, 0.717) is 19.7 Å². The molecular formula is C17H19Br2NO2. The first-order valence-corrected chi connectivity index (χ1v) is 8.68. The van der Waals surface area contributed by atoms with E-state index in [1.165, 1.54) is 0 Å². The molecule has 0 bridgehead atoms. The van der Waals surface area contributed by atoms with Gasteiger partial charge >= 0.3 is 0 Å². The van der Waals surface area contributed by atoms with Gasteiger partial charge in [0.25, 0.3) is 0 Å². The molecule has 0 amide bonds. The maximum Gasteiger partial charge on any atom is 0.148 e. The summed E-state index contributed by atoms with van der Waals surface area (Å²) < 4.78 is 7.72. The minimum Gasteiger partial charge on any atom is -0.487 e. The molecule has 0 aliphatic heterocycles. The Morgan fingerprint density at radius 3 is 2.32 bits per heavy atom. The molecule has 1 atom stereocenters. The summed E-state index contributed by atoms with van der Waals surface area (Å²) in [5.74, 6) is 0.795. The fraction of sp³-hybridized carbons (Fsp3) is 0.294. The number of rotatable bonds is 7. The van der Waals surface area contributed by atoms with E-state index in [2.05, 4.69) is 37.2 Å². The monoisotopic (exact) mass is 427 g/mol. The van der Waals surface area contributed by atoms with Crippen molar-refractivity contribution in [2.24, 2.45) is 0 Å². The third-order valence-corrected chi connectivity index (χ3v) is 4.23. The largest absolute Gasteiger partial charge is 0.487 e. The van der Waals surface area contributed by atoms with Gasteiger partial charge in [0.15, 0.2) is 0 Å². The van der Waals surface area contributed by atoms with E-state index in [1.807, 2.05) is 42.5 Å². The van der Waals surface area contributed by atoms with Crippen LogP contribution in [0.15, 0.2) is 51.4 Å². The van der Waals surface area contributed by atoms with E-state index in [9.17, 15) is 5.11 Å². The van der Waals surface area contributed by atoms with Gasteiger partial charge in [-0.05, 0) is 62.0 Å². The molecule has 0 saturated carbocycles. The highest BCUT2D eigenvalue weighted by Crippen LogP contribution is 2.35. The normalized spacial score (nSPS) is 12.2. The minimum atomic E-state index is -0.347. The van der Waals surface area contributed by atoms with E-state index in [4.69, 9.17) is 4.74 Å². The molecule has 0 saturated heterocycles. The van der Waals surface area contributed by atoms with Crippen molar-refractivity contribution in [1.82, 2.24) is 5.32 Å². The van der Waals surface area contributed by atoms with Crippen LogP contribution in [0.25, 0.3) is 0 Å². The summed E-state index contributed by atoms with van der Waals surface area (Å²) in [7, 11) is 0. The van der Waals surface area contributed by atoms with Crippen molar-refractivity contribution in [1.29, 1.82) is 0 Å². The fourth-order valence-corrected chi connectivity index (χ4v) is 3.52. The number of hydrogen-bond acceptors (Lipinski definition) is 3. The van der Waals surface area contributed by atoms with Crippen LogP contribution in [0.4, 0.5) is 0 Å². The summed E-state index contributed by atoms with van der Waals surface area (Å²) in [6.45, 7) is 3.56. The Balaban J connectivity index is 2.00. The Labute approximate surface area is 148 Å². The Kier molecular flexibility index (Phi) is 6.89. The smallest absolute Gasteiger partial charge is 0.148 e. The second kappa shape index (κ2) is 8.67. The lowest BCUT2D eigenvalue weighted by Gasteiger charge is -2.13. The first-order chi connectivity index (χ1) is 10.6. The maximum absolute atomic E-state index is 9.26. The molecule has 22 heavy (non-hydrogen) atoms. The zero-order valence-electron chi connectivity index (χ0n) is 12.4. The van der Waals surface area contributed by atoms with Gasteiger partial charge < -0.3 is 15.2 Å². The molecule has 2 rings (SSSR count). The summed E-state index contributed by atoms with van der Waals surface area (Å²) in [4.78, 5) is 0. The lowest BCUT2D eigenvalue weighted by atomic mass is 10.2. The molecule has 0 aliphatic rings. The van der Waals surface area contributed by atoms with Gasteiger partial charge in [-0.1, -0.05) is 30.3 Å². The van der Waals surface area contributed by atoms with Crippen LogP contribution >= 0.6 is 31.9 Å². The van der Waals surface area contributed by atoms with Crippen molar-refractivity contribution in [2.45, 2.75) is 26.2 Å². The van der Waals surface area contributed by atoms with E-state index >= 15 is 0 Å². The summed E-state index contributed by atoms with van der Waals surface area (Å²) in [6.07, 6.45) is -0.347. The Bertz CT molecular complexity index is 580. The molecule has 0 aliphatic carbocycles. The Morgan fingerprint density at radius 1 is 1.09 bits per heavy atom. The first-order valence-electron chi connectivity index (χ1n) is 7.09. The van der Waals surface area contributed by atoms with Crippen LogP contribution in [0, 0.1) is 0 Å². The van der Waals surface area contributed by atoms with E-state index in [1.54, 1.807) is 6.92 Å². The predicted octanol–water partition coefficient (Wildman–Crippen LogP) is 4.26. The van der Waals surface area contributed by atoms with Crippen LogP contribution in [-0.2, 0) is 13.2 Å². The second-order valence-corrected chi connectivity index (χ2v) is 6.85. The van der Waals surface area contributed by atoms with Crippen LogP contribution in [-0.4, -0.2) is 17.8 Å². The van der Waals surface area contributed by atoms with Crippen molar-refractivity contribution in [2.75, 3.05) is 6.54 Å². The number of halogens is 2. The second-order valence-electron chi connectivity index (χ2n) is 5.14. The number of hydrogen-bond donors (Lipinski definition) is 2. The van der Waals surface area contributed by atoms with Gasteiger partial charge in [-0.3, -0.25) is 0 Å². The average Bonchev–Trinajstić information content (AvgIpc) is 2.47. The number of aliphatic hydroxyl groups excluding tert-OH is 1. The topological polar surface area (TPSA) is 41.5 Å². The molecule has 5 heteroatoms. The molecule has 0 aromatic heterocycles. The molecule has 2 N–H and O–H groups in total. The van der Waals surface area contributed by atoms with Crippen LogP contribution < -0.4 is 10.1 Å². The van der Waals surface area contributed by atoms with Gasteiger partial charge in [-0.25, -0.2) is 0 Å². The zero-order chi connectivity index (χ0) is 15.9. The Hall–Kier alpha value is -0.880. The van der Waals surface area contributed by atoms with Crippen molar-refractivity contribution < 1.29 is 9.84 Å². The molecule has 3 nitrogen and oxygen atoms in total. The van der Waals surface area contributed by atoms with Gasteiger partial charge in [0.2, 0.25) is 0 Å². The first kappa shape index (κ1) is 17.5. The molecule has 0 radical (unpaired) electrons. The van der Waals surface area contributed by atoms with Gasteiger partial charge in [-0.15, -0.1) is 0 Å². The van der Waals surface area contributed by atoms with Crippen molar-refractivity contribution in [3.05, 3.63) is 62.5 Å². The molecule has 118 valence electrons. The van der Waals surface area contributed by atoms with Gasteiger partial charge in [0, 0.05) is 13.1 Å². The molecule has 0 spiro atoms. The van der Waals surface area contributed by atoms with Crippen LogP contribution in [0.5, 0.6) is 5.75 Å². The summed E-state index contributed by atoms with van der Waals surface area (Å²) in [5, 5.41) is 12.5. The summed E-state index contributed by atoms with van der Waals surface area (Å²) >= 11 is 7.12. The zero-order valence-corrected chi connectivity index (χ0v) is 15.5. The molecule has 0 heterocycles. The molecule has 0 fully saturated rings. The highest BCUT2D eigenvalue weighted by atomic mass is 79.9. The van der Waals surface area contributed by atoms with E-state index in [-0.39, 0.29) is 6.10 Å². The molecule has 2 aromatic rings. The summed E-state index contributed by atoms with van der Waals surface area (Å²) in [5.41, 5.74) is 2.25. The highest BCUT2D eigenvalue weighted by molar-refractivity contribution is 9.11. The van der Waals surface area contributed by atoms with E-state index < -0.39 is 0 Å².